The van der Waals surface area contributed by atoms with Crippen LogP contribution in [0.5, 0.6) is 11.5 Å². The van der Waals surface area contributed by atoms with Crippen LogP contribution >= 0.6 is 0 Å². The molecule has 1 unspecified atom stereocenters. The number of carbonyl (C=O) groups is 1. The van der Waals surface area contributed by atoms with E-state index in [4.69, 9.17) is 24.8 Å². The van der Waals surface area contributed by atoms with Gasteiger partial charge in [-0.1, -0.05) is 5.16 Å². The lowest BCUT2D eigenvalue weighted by molar-refractivity contribution is -0.135. The van der Waals surface area contributed by atoms with E-state index in [9.17, 15) is 4.79 Å². The molecule has 0 bridgehead atoms. The summed E-state index contributed by atoms with van der Waals surface area (Å²) >= 11 is 0. The summed E-state index contributed by atoms with van der Waals surface area (Å²) in [6.07, 6.45) is 6.40. The Morgan fingerprint density at radius 2 is 2.07 bits per heavy atom. The summed E-state index contributed by atoms with van der Waals surface area (Å²) in [4.78, 5) is 16.5. The number of rotatable bonds is 6. The summed E-state index contributed by atoms with van der Waals surface area (Å²) in [6, 6.07) is 5.72. The standard InChI is InChI=1S/C20H26N2O5/c1-13(23)25-12-19(21)20(2)11-16(22-27-20)14-8-9-17(24-3)18(10-14)26-15-6-4-5-7-15/h8-10,12,15H,4-7,11,21H2,1-3H3/b19-12-. The van der Waals surface area contributed by atoms with Gasteiger partial charge in [-0.25, -0.2) is 0 Å². The van der Waals surface area contributed by atoms with Gasteiger partial charge in [-0.3, -0.25) is 4.79 Å². The molecule has 146 valence electrons. The third-order valence-electron chi connectivity index (χ3n) is 4.92. The molecule has 0 spiro atoms. The smallest absolute Gasteiger partial charge is 0.307 e. The topological polar surface area (TPSA) is 92.4 Å². The van der Waals surface area contributed by atoms with Crippen molar-refractivity contribution in [3.63, 3.8) is 0 Å². The van der Waals surface area contributed by atoms with E-state index in [2.05, 4.69) is 5.16 Å². The first kappa shape index (κ1) is 19.1. The van der Waals surface area contributed by atoms with Crippen molar-refractivity contribution in [3.05, 3.63) is 35.7 Å². The molecule has 2 aliphatic rings. The summed E-state index contributed by atoms with van der Waals surface area (Å²) in [5.74, 6) is 0.966. The Morgan fingerprint density at radius 3 is 2.74 bits per heavy atom. The highest BCUT2D eigenvalue weighted by Crippen LogP contribution is 2.36. The zero-order valence-electron chi connectivity index (χ0n) is 16.0. The molecule has 1 saturated carbocycles. The zero-order valence-corrected chi connectivity index (χ0v) is 16.0. The van der Waals surface area contributed by atoms with Crippen molar-refractivity contribution in [2.75, 3.05) is 7.11 Å². The molecule has 0 radical (unpaired) electrons. The van der Waals surface area contributed by atoms with Gasteiger partial charge in [0, 0.05) is 18.9 Å². The van der Waals surface area contributed by atoms with Gasteiger partial charge in [-0.15, -0.1) is 0 Å². The molecular formula is C20H26N2O5. The van der Waals surface area contributed by atoms with Crippen molar-refractivity contribution in [2.24, 2.45) is 10.9 Å². The monoisotopic (exact) mass is 374 g/mol. The zero-order chi connectivity index (χ0) is 19.4. The van der Waals surface area contributed by atoms with Gasteiger partial charge in [-0.2, -0.15) is 0 Å². The first-order chi connectivity index (χ1) is 12.9. The van der Waals surface area contributed by atoms with Crippen LogP contribution < -0.4 is 15.2 Å². The number of benzene rings is 1. The molecule has 0 amide bonds. The fourth-order valence-electron chi connectivity index (χ4n) is 3.25. The highest BCUT2D eigenvalue weighted by Gasteiger charge is 2.38. The van der Waals surface area contributed by atoms with Crippen molar-refractivity contribution in [1.29, 1.82) is 0 Å². The predicted molar refractivity (Wildman–Crippen MR) is 101 cm³/mol. The molecule has 7 nitrogen and oxygen atoms in total. The molecule has 1 aliphatic carbocycles. The fourth-order valence-corrected chi connectivity index (χ4v) is 3.25. The molecule has 1 heterocycles. The first-order valence-corrected chi connectivity index (χ1v) is 9.15. The Bertz CT molecular complexity index is 768. The number of oxime groups is 1. The summed E-state index contributed by atoms with van der Waals surface area (Å²) in [6.45, 7) is 3.12. The number of nitrogens with two attached hydrogens (primary N) is 1. The maximum atomic E-state index is 11.0. The molecule has 7 heteroatoms. The van der Waals surface area contributed by atoms with Crippen LogP contribution in [0, 0.1) is 0 Å². The maximum absolute atomic E-state index is 11.0. The third kappa shape index (κ3) is 4.35. The average molecular weight is 374 g/mol. The van der Waals surface area contributed by atoms with E-state index >= 15 is 0 Å². The first-order valence-electron chi connectivity index (χ1n) is 9.15. The van der Waals surface area contributed by atoms with Crippen molar-refractivity contribution < 1.29 is 23.8 Å². The molecule has 0 aromatic heterocycles. The average Bonchev–Trinajstić information content (AvgIpc) is 3.30. The van der Waals surface area contributed by atoms with E-state index in [1.165, 1.54) is 26.0 Å². The second-order valence-electron chi connectivity index (χ2n) is 7.11. The van der Waals surface area contributed by atoms with Crippen molar-refractivity contribution >= 4 is 11.7 Å². The number of hydrogen-bond acceptors (Lipinski definition) is 7. The van der Waals surface area contributed by atoms with Gasteiger partial charge in [-0.05, 0) is 50.8 Å². The van der Waals surface area contributed by atoms with Gasteiger partial charge >= 0.3 is 5.97 Å². The van der Waals surface area contributed by atoms with E-state index in [0.29, 0.717) is 23.6 Å². The number of esters is 1. The van der Waals surface area contributed by atoms with E-state index in [-0.39, 0.29) is 6.10 Å². The number of nitrogens with zero attached hydrogens (tertiary/aromatic N) is 1. The molecule has 2 N–H and O–H groups in total. The van der Waals surface area contributed by atoms with E-state index < -0.39 is 11.6 Å². The summed E-state index contributed by atoms with van der Waals surface area (Å²) in [5.41, 5.74) is 7.09. The van der Waals surface area contributed by atoms with E-state index in [1.54, 1.807) is 14.0 Å². The van der Waals surface area contributed by atoms with Gasteiger partial charge < -0.3 is 24.8 Å². The van der Waals surface area contributed by atoms with E-state index in [1.807, 2.05) is 18.2 Å². The Kier molecular flexibility index (Phi) is 5.58. The van der Waals surface area contributed by atoms with Gasteiger partial charge in [0.05, 0.1) is 24.6 Å². The van der Waals surface area contributed by atoms with Gasteiger partial charge in [0.15, 0.2) is 17.1 Å². The van der Waals surface area contributed by atoms with Gasteiger partial charge in [0.25, 0.3) is 0 Å². The van der Waals surface area contributed by atoms with Crippen LogP contribution in [0.2, 0.25) is 0 Å². The van der Waals surface area contributed by atoms with Crippen molar-refractivity contribution in [2.45, 2.75) is 57.7 Å². The minimum atomic E-state index is -0.864. The molecule has 3 rings (SSSR count). The van der Waals surface area contributed by atoms with Crippen LogP contribution in [0.4, 0.5) is 0 Å². The lowest BCUT2D eigenvalue weighted by atomic mass is 9.93. The molecule has 1 aliphatic heterocycles. The Labute approximate surface area is 159 Å². The van der Waals surface area contributed by atoms with Gasteiger partial charge in [0.1, 0.15) is 6.26 Å². The quantitative estimate of drug-likeness (QED) is 0.607. The Hall–Kier alpha value is -2.70. The maximum Gasteiger partial charge on any atom is 0.307 e. The molecule has 1 aromatic rings. The molecular weight excluding hydrogens is 348 g/mol. The third-order valence-corrected chi connectivity index (χ3v) is 4.92. The Morgan fingerprint density at radius 1 is 1.33 bits per heavy atom. The SMILES string of the molecule is COc1ccc(C2=NOC(C)(/C(N)=C/OC(C)=O)C2)cc1OC1CCCC1. The second kappa shape index (κ2) is 7.90. The van der Waals surface area contributed by atoms with Crippen LogP contribution in [-0.4, -0.2) is 30.5 Å². The van der Waals surface area contributed by atoms with Gasteiger partial charge in [0.2, 0.25) is 0 Å². The van der Waals surface area contributed by atoms with Crippen LogP contribution in [0.3, 0.4) is 0 Å². The van der Waals surface area contributed by atoms with Crippen LogP contribution in [-0.2, 0) is 14.4 Å². The minimum Gasteiger partial charge on any atom is -0.493 e. The predicted octanol–water partition coefficient (Wildman–Crippen LogP) is 3.26. The van der Waals surface area contributed by atoms with Crippen LogP contribution in [0.1, 0.15) is 51.5 Å². The summed E-state index contributed by atoms with van der Waals surface area (Å²) in [5, 5.41) is 4.19. The van der Waals surface area contributed by atoms with Crippen molar-refractivity contribution in [3.8, 4) is 11.5 Å². The molecule has 1 fully saturated rings. The number of hydrogen-bond donors (Lipinski definition) is 1. The van der Waals surface area contributed by atoms with Crippen LogP contribution in [0.25, 0.3) is 0 Å². The molecule has 0 saturated heterocycles. The highest BCUT2D eigenvalue weighted by molar-refractivity contribution is 6.02. The molecule has 27 heavy (non-hydrogen) atoms. The lowest BCUT2D eigenvalue weighted by Gasteiger charge is -2.21. The molecule has 1 aromatic carbocycles. The normalized spacial score (nSPS) is 22.9. The summed E-state index contributed by atoms with van der Waals surface area (Å²) in [7, 11) is 1.63. The summed E-state index contributed by atoms with van der Waals surface area (Å²) < 4.78 is 16.4. The second-order valence-corrected chi connectivity index (χ2v) is 7.11. The minimum absolute atomic E-state index is 0.225. The number of carbonyl (C=O) groups excluding carboxylic acids is 1. The lowest BCUT2D eigenvalue weighted by Crippen LogP contribution is -2.32. The van der Waals surface area contributed by atoms with Crippen molar-refractivity contribution in [1.82, 2.24) is 0 Å². The largest absolute Gasteiger partial charge is 0.493 e. The highest BCUT2D eigenvalue weighted by atomic mass is 16.7. The number of methoxy groups -OCH3 is 1. The van der Waals surface area contributed by atoms with Crippen LogP contribution in [0.15, 0.2) is 35.3 Å². The molecule has 1 atom stereocenters. The number of ether oxygens (including phenoxy) is 3. The fraction of sp³-hybridized carbons (Fsp3) is 0.500. The van der Waals surface area contributed by atoms with E-state index in [0.717, 1.165) is 24.1 Å². The Balaban J connectivity index is 1.76.